The van der Waals surface area contributed by atoms with E-state index in [2.05, 4.69) is 39.7 Å². The largest absolute Gasteiger partial charge is 0.102 e. The zero-order valence-electron chi connectivity index (χ0n) is 4.45. The van der Waals surface area contributed by atoms with Crippen molar-refractivity contribution in [3.63, 3.8) is 0 Å². The lowest BCUT2D eigenvalue weighted by atomic mass is 10.0. The molecule has 0 heterocycles. The van der Waals surface area contributed by atoms with Gasteiger partial charge in [0, 0.05) is 10.2 Å². The molecule has 1 unspecified atom stereocenters. The minimum absolute atomic E-state index is 0.715. The first-order chi connectivity index (χ1) is 3.31. The van der Waals surface area contributed by atoms with E-state index in [4.69, 9.17) is 0 Å². The lowest BCUT2D eigenvalue weighted by molar-refractivity contribution is 0.937. The van der Waals surface area contributed by atoms with Gasteiger partial charge in [-0.15, -0.1) is 0 Å². The molecule has 0 bridgehead atoms. The number of rotatable bonds is 3. The maximum absolute atomic E-state index is 3.51. The third-order valence-electron chi connectivity index (χ3n) is 0.865. The van der Waals surface area contributed by atoms with Gasteiger partial charge in [0.25, 0.3) is 0 Å². The second-order valence-electron chi connectivity index (χ2n) is 1.48. The van der Waals surface area contributed by atoms with Crippen LogP contribution in [0.2, 0.25) is 6.32 Å². The molecule has 0 N–H and O–H groups in total. The summed E-state index contributed by atoms with van der Waals surface area (Å²) in [4.78, 5) is 0.715. The molecule has 0 amide bonds. The third-order valence-corrected chi connectivity index (χ3v) is 2.43. The molecule has 0 rings (SSSR count). The van der Waals surface area contributed by atoms with Crippen molar-refractivity contribution in [1.29, 1.82) is 0 Å². The van der Waals surface area contributed by atoms with Crippen molar-refractivity contribution in [2.75, 3.05) is 5.33 Å². The van der Waals surface area contributed by atoms with Gasteiger partial charge in [-0.2, -0.15) is 0 Å². The van der Waals surface area contributed by atoms with E-state index in [0.717, 1.165) is 5.33 Å². The van der Waals surface area contributed by atoms with E-state index in [-0.39, 0.29) is 0 Å². The van der Waals surface area contributed by atoms with Crippen molar-refractivity contribution in [3.8, 4) is 0 Å². The molecule has 0 radical (unpaired) electrons. The molecule has 7 heavy (non-hydrogen) atoms. The summed E-state index contributed by atoms with van der Waals surface area (Å²) in [7, 11) is 2.18. The van der Waals surface area contributed by atoms with E-state index in [0.29, 0.717) is 4.83 Å². The lowest BCUT2D eigenvalue weighted by Crippen LogP contribution is -1.95. The Bertz CT molecular complexity index is 40.7. The quantitative estimate of drug-likeness (QED) is 0.508. The van der Waals surface area contributed by atoms with Gasteiger partial charge in [-0.1, -0.05) is 38.2 Å². The van der Waals surface area contributed by atoms with Gasteiger partial charge >= 0.3 is 0 Å². The summed E-state index contributed by atoms with van der Waals surface area (Å²) >= 11 is 6.87. The first-order valence-corrected chi connectivity index (χ1v) is 4.55. The van der Waals surface area contributed by atoms with Crippen molar-refractivity contribution in [3.05, 3.63) is 0 Å². The van der Waals surface area contributed by atoms with Crippen LogP contribution in [-0.4, -0.2) is 18.0 Å². The average molecular weight is 228 g/mol. The van der Waals surface area contributed by atoms with Crippen LogP contribution in [0.4, 0.5) is 0 Å². The molecule has 0 aromatic rings. The van der Waals surface area contributed by atoms with Crippen LogP contribution >= 0.6 is 31.9 Å². The number of alkyl halides is 2. The number of hydrogen-bond acceptors (Lipinski definition) is 0. The Morgan fingerprint density at radius 1 is 1.57 bits per heavy atom. The summed E-state index contributed by atoms with van der Waals surface area (Å²) in [5.41, 5.74) is 0. The van der Waals surface area contributed by atoms with Crippen LogP contribution in [0.25, 0.3) is 0 Å². The van der Waals surface area contributed by atoms with Crippen molar-refractivity contribution in [1.82, 2.24) is 0 Å². The van der Waals surface area contributed by atoms with Crippen LogP contribution in [0.5, 0.6) is 0 Å². The van der Waals surface area contributed by atoms with Gasteiger partial charge in [-0.3, -0.25) is 0 Å². The van der Waals surface area contributed by atoms with Crippen molar-refractivity contribution < 1.29 is 0 Å². The minimum atomic E-state index is 0.715. The molecule has 0 aromatic carbocycles. The Morgan fingerprint density at radius 3 is 2.29 bits per heavy atom. The molecule has 0 aromatic heterocycles. The average Bonchev–Trinajstić information content (AvgIpc) is 1.68. The van der Waals surface area contributed by atoms with Crippen molar-refractivity contribution in [2.24, 2.45) is 0 Å². The van der Waals surface area contributed by atoms with E-state index >= 15 is 0 Å². The predicted octanol–water partition coefficient (Wildman–Crippen LogP) is 1.59. The smallest absolute Gasteiger partial charge is 0.0928 e. The maximum atomic E-state index is 3.51. The van der Waals surface area contributed by atoms with Gasteiger partial charge in [0.15, 0.2) is 0 Å². The normalized spacial score (nSPS) is 14.0. The van der Waals surface area contributed by atoms with Crippen LogP contribution in [0.1, 0.15) is 6.42 Å². The van der Waals surface area contributed by atoms with E-state index in [1.165, 1.54) is 12.7 Å². The molecule has 0 nitrogen and oxygen atoms in total. The summed E-state index contributed by atoms with van der Waals surface area (Å²) < 4.78 is 0. The fourth-order valence-electron chi connectivity index (χ4n) is 0.323. The second-order valence-corrected chi connectivity index (χ2v) is 3.57. The van der Waals surface area contributed by atoms with Crippen LogP contribution in [0, 0.1) is 0 Å². The van der Waals surface area contributed by atoms with E-state index in [1.54, 1.807) is 0 Å². The number of hydrogen-bond donors (Lipinski definition) is 0. The Morgan fingerprint density at radius 2 is 2.14 bits per heavy atom. The SMILES string of the molecule is BCC(Br)CCBr. The molecular weight excluding hydrogens is 219 g/mol. The Labute approximate surface area is 62.7 Å². The Hall–Kier alpha value is 1.02. The van der Waals surface area contributed by atoms with Crippen LogP contribution in [0.3, 0.4) is 0 Å². The first-order valence-electron chi connectivity index (χ1n) is 2.51. The predicted molar refractivity (Wildman–Crippen MR) is 44.5 cm³/mol. The highest BCUT2D eigenvalue weighted by Gasteiger charge is 1.95. The van der Waals surface area contributed by atoms with Crippen LogP contribution in [-0.2, 0) is 0 Å². The summed E-state index contributed by atoms with van der Waals surface area (Å²) in [6.45, 7) is 0. The summed E-state index contributed by atoms with van der Waals surface area (Å²) in [6.07, 6.45) is 2.46. The van der Waals surface area contributed by atoms with Crippen LogP contribution in [0.15, 0.2) is 0 Å². The molecular formula is C4H9BBr2. The van der Waals surface area contributed by atoms with Gasteiger partial charge in [0.2, 0.25) is 0 Å². The highest BCUT2D eigenvalue weighted by molar-refractivity contribution is 9.10. The topological polar surface area (TPSA) is 0 Å². The second kappa shape index (κ2) is 5.17. The molecule has 0 saturated carbocycles. The highest BCUT2D eigenvalue weighted by Crippen LogP contribution is 2.09. The molecule has 0 spiro atoms. The van der Waals surface area contributed by atoms with Gasteiger partial charge in [0.05, 0.1) is 0 Å². The van der Waals surface area contributed by atoms with Crippen molar-refractivity contribution >= 4 is 39.7 Å². The monoisotopic (exact) mass is 226 g/mol. The maximum Gasteiger partial charge on any atom is 0.102 e. The molecule has 0 fully saturated rings. The van der Waals surface area contributed by atoms with E-state index < -0.39 is 0 Å². The lowest BCUT2D eigenvalue weighted by Gasteiger charge is -1.99. The van der Waals surface area contributed by atoms with Gasteiger partial charge in [-0.05, 0) is 6.42 Å². The van der Waals surface area contributed by atoms with Crippen LogP contribution < -0.4 is 0 Å². The fraction of sp³-hybridized carbons (Fsp3) is 1.00. The van der Waals surface area contributed by atoms with Gasteiger partial charge < -0.3 is 0 Å². The number of halogens is 2. The molecule has 0 aliphatic rings. The molecule has 3 heteroatoms. The molecule has 0 aliphatic carbocycles. The minimum Gasteiger partial charge on any atom is -0.0928 e. The van der Waals surface area contributed by atoms with E-state index in [9.17, 15) is 0 Å². The molecule has 1 atom stereocenters. The van der Waals surface area contributed by atoms with E-state index in [1.807, 2.05) is 0 Å². The standard InChI is InChI=1S/C4H9BBr2/c5-3-4(7)1-2-6/h4H,1-3,5H2. The summed E-state index contributed by atoms with van der Waals surface area (Å²) in [5, 5.41) is 1.11. The van der Waals surface area contributed by atoms with Crippen molar-refractivity contribution in [2.45, 2.75) is 17.6 Å². The molecule has 0 saturated heterocycles. The summed E-state index contributed by atoms with van der Waals surface area (Å²) in [6, 6.07) is 0. The van der Waals surface area contributed by atoms with Gasteiger partial charge in [0.1, 0.15) is 7.85 Å². The first kappa shape index (κ1) is 8.02. The zero-order chi connectivity index (χ0) is 5.70. The molecule has 0 aliphatic heterocycles. The third kappa shape index (κ3) is 4.89. The van der Waals surface area contributed by atoms with Gasteiger partial charge in [-0.25, -0.2) is 0 Å². The fourth-order valence-corrected chi connectivity index (χ4v) is 1.72. The highest BCUT2D eigenvalue weighted by atomic mass is 79.9. The molecule has 42 valence electrons. The summed E-state index contributed by atoms with van der Waals surface area (Å²) in [5.74, 6) is 0. The zero-order valence-corrected chi connectivity index (χ0v) is 7.63. The Balaban J connectivity index is 2.83. The Kier molecular flexibility index (Phi) is 5.92.